The van der Waals surface area contributed by atoms with Gasteiger partial charge in [0.15, 0.2) is 5.82 Å². The second-order valence-electron chi connectivity index (χ2n) is 9.60. The summed E-state index contributed by atoms with van der Waals surface area (Å²) in [5.74, 6) is 2.89. The minimum atomic E-state index is -0.602. The number of nitrogens with one attached hydrogen (secondary N) is 2. The first-order chi connectivity index (χ1) is 18.5. The Hall–Kier alpha value is -3.15. The molecule has 1 aromatic carbocycles. The van der Waals surface area contributed by atoms with E-state index >= 15 is 0 Å². The highest BCUT2D eigenvalue weighted by molar-refractivity contribution is 5.69. The number of ether oxygens (including phenoxy) is 3. The van der Waals surface area contributed by atoms with Gasteiger partial charge in [-0.1, -0.05) is 12.1 Å². The highest BCUT2D eigenvalue weighted by atomic mass is 16.6. The van der Waals surface area contributed by atoms with Gasteiger partial charge < -0.3 is 39.8 Å². The van der Waals surface area contributed by atoms with E-state index in [1.54, 1.807) is 11.9 Å². The summed E-state index contributed by atoms with van der Waals surface area (Å²) in [5.41, 5.74) is 1.81. The highest BCUT2D eigenvalue weighted by Gasteiger charge is 2.26. The Morgan fingerprint density at radius 3 is 2.68 bits per heavy atom. The van der Waals surface area contributed by atoms with Gasteiger partial charge in [0.1, 0.15) is 30.1 Å². The molecule has 208 valence electrons. The van der Waals surface area contributed by atoms with Crippen molar-refractivity contribution < 1.29 is 24.1 Å². The zero-order valence-electron chi connectivity index (χ0n) is 22.6. The fourth-order valence-corrected chi connectivity index (χ4v) is 4.65. The van der Waals surface area contributed by atoms with Crippen LogP contribution in [0.4, 0.5) is 16.4 Å². The van der Waals surface area contributed by atoms with Crippen LogP contribution in [0.1, 0.15) is 25.3 Å². The Kier molecular flexibility index (Phi) is 9.97. The van der Waals surface area contributed by atoms with Crippen molar-refractivity contribution in [2.45, 2.75) is 38.8 Å². The molecule has 1 atom stereocenters. The zero-order chi connectivity index (χ0) is 26.9. The van der Waals surface area contributed by atoms with Crippen LogP contribution in [0.2, 0.25) is 0 Å². The predicted octanol–water partition coefficient (Wildman–Crippen LogP) is 2.28. The molecule has 1 unspecified atom stereocenters. The summed E-state index contributed by atoms with van der Waals surface area (Å²) in [6.45, 7) is 8.77. The van der Waals surface area contributed by atoms with E-state index in [4.69, 9.17) is 24.2 Å². The Balaban J connectivity index is 1.59. The average Bonchev–Trinajstić information content (AvgIpc) is 2.94. The van der Waals surface area contributed by atoms with E-state index in [0.717, 1.165) is 48.8 Å². The van der Waals surface area contributed by atoms with E-state index in [-0.39, 0.29) is 18.7 Å². The van der Waals surface area contributed by atoms with Crippen LogP contribution in [-0.4, -0.2) is 104 Å². The van der Waals surface area contributed by atoms with Crippen LogP contribution < -0.4 is 20.3 Å². The van der Waals surface area contributed by atoms with Crippen molar-refractivity contribution in [3.05, 3.63) is 29.8 Å². The molecule has 0 aliphatic carbocycles. The SMILES string of the molecule is CCOC(=O)N1CCN(c2nc(-c3cccc(OCC(O)CNC)c3)nc(NC3CCOCC3)c2C)CC1. The summed E-state index contributed by atoms with van der Waals surface area (Å²) in [5, 5.41) is 16.6. The monoisotopic (exact) mass is 528 g/mol. The molecule has 2 fully saturated rings. The second-order valence-corrected chi connectivity index (χ2v) is 9.60. The number of aromatic nitrogens is 2. The number of hydrogen-bond donors (Lipinski definition) is 3. The first kappa shape index (κ1) is 27.9. The fourth-order valence-electron chi connectivity index (χ4n) is 4.65. The van der Waals surface area contributed by atoms with Crippen molar-refractivity contribution in [2.75, 3.05) is 76.4 Å². The molecule has 1 amide bonds. The number of anilines is 2. The van der Waals surface area contributed by atoms with Crippen LogP contribution in [0, 0.1) is 6.92 Å². The molecule has 2 saturated heterocycles. The molecule has 0 spiro atoms. The second kappa shape index (κ2) is 13.6. The van der Waals surface area contributed by atoms with Crippen molar-refractivity contribution in [1.29, 1.82) is 0 Å². The van der Waals surface area contributed by atoms with Gasteiger partial charge in [-0.3, -0.25) is 0 Å². The van der Waals surface area contributed by atoms with Crippen LogP contribution >= 0.6 is 0 Å². The lowest BCUT2D eigenvalue weighted by Crippen LogP contribution is -2.49. The molecule has 2 aliphatic rings. The lowest BCUT2D eigenvalue weighted by atomic mass is 10.1. The molecule has 4 rings (SSSR count). The average molecular weight is 529 g/mol. The number of piperazine rings is 1. The van der Waals surface area contributed by atoms with Crippen LogP contribution in [-0.2, 0) is 9.47 Å². The van der Waals surface area contributed by atoms with Gasteiger partial charge in [-0.2, -0.15) is 0 Å². The molecule has 38 heavy (non-hydrogen) atoms. The summed E-state index contributed by atoms with van der Waals surface area (Å²) in [6, 6.07) is 7.91. The molecule has 2 aromatic rings. The van der Waals surface area contributed by atoms with Crippen LogP contribution in [0.15, 0.2) is 24.3 Å². The number of hydrogen-bond acceptors (Lipinski definition) is 10. The summed E-state index contributed by atoms with van der Waals surface area (Å²) < 4.78 is 16.5. The third-order valence-corrected chi connectivity index (χ3v) is 6.76. The molecule has 0 bridgehead atoms. The number of rotatable bonds is 10. The maximum atomic E-state index is 12.2. The maximum Gasteiger partial charge on any atom is 0.409 e. The minimum Gasteiger partial charge on any atom is -0.491 e. The van der Waals surface area contributed by atoms with Gasteiger partial charge in [0.2, 0.25) is 0 Å². The zero-order valence-corrected chi connectivity index (χ0v) is 22.6. The Morgan fingerprint density at radius 2 is 1.97 bits per heavy atom. The van der Waals surface area contributed by atoms with Gasteiger partial charge in [-0.25, -0.2) is 14.8 Å². The normalized spacial score (nSPS) is 17.3. The van der Waals surface area contributed by atoms with Crippen molar-refractivity contribution in [1.82, 2.24) is 20.2 Å². The lowest BCUT2D eigenvalue weighted by Gasteiger charge is -2.36. The van der Waals surface area contributed by atoms with Gasteiger partial charge >= 0.3 is 6.09 Å². The van der Waals surface area contributed by atoms with E-state index in [2.05, 4.69) is 15.5 Å². The molecular formula is C27H40N6O5. The topological polar surface area (TPSA) is 121 Å². The van der Waals surface area contributed by atoms with Crippen LogP contribution in [0.25, 0.3) is 11.4 Å². The molecule has 11 heteroatoms. The molecule has 0 radical (unpaired) electrons. The third-order valence-electron chi connectivity index (χ3n) is 6.76. The van der Waals surface area contributed by atoms with E-state index in [1.807, 2.05) is 38.1 Å². The largest absolute Gasteiger partial charge is 0.491 e. The lowest BCUT2D eigenvalue weighted by molar-refractivity contribution is 0.0903. The highest BCUT2D eigenvalue weighted by Crippen LogP contribution is 2.31. The number of aliphatic hydroxyl groups is 1. The number of carbonyl (C=O) groups excluding carboxylic acids is 1. The Labute approximate surface area is 224 Å². The minimum absolute atomic E-state index is 0.186. The molecule has 3 heterocycles. The summed E-state index contributed by atoms with van der Waals surface area (Å²) in [6.07, 6.45) is 0.968. The van der Waals surface area contributed by atoms with E-state index < -0.39 is 6.10 Å². The van der Waals surface area contributed by atoms with E-state index in [1.165, 1.54) is 0 Å². The standard InChI is InChI=1S/C27H40N6O5/c1-4-37-27(35)33-12-10-32(11-13-33)26-19(2)24(29-21-8-14-36-15-9-21)30-25(31-26)20-6-5-7-23(16-20)38-18-22(34)17-28-3/h5-7,16,21-22,28,34H,4,8-15,17-18H2,1-3H3,(H,29,30,31). The molecule has 1 aromatic heterocycles. The van der Waals surface area contributed by atoms with Crippen LogP contribution in [0.5, 0.6) is 5.75 Å². The third kappa shape index (κ3) is 7.24. The first-order valence-electron chi connectivity index (χ1n) is 13.4. The van der Waals surface area contributed by atoms with E-state index in [0.29, 0.717) is 50.9 Å². The fraction of sp³-hybridized carbons (Fsp3) is 0.593. The number of benzene rings is 1. The summed E-state index contributed by atoms with van der Waals surface area (Å²) >= 11 is 0. The van der Waals surface area contributed by atoms with Crippen LogP contribution in [0.3, 0.4) is 0 Å². The van der Waals surface area contributed by atoms with E-state index in [9.17, 15) is 9.90 Å². The number of likely N-dealkylation sites (N-methyl/N-ethyl adjacent to an activating group) is 1. The number of amides is 1. The van der Waals surface area contributed by atoms with Gasteiger partial charge in [-0.15, -0.1) is 0 Å². The van der Waals surface area contributed by atoms with Gasteiger partial charge in [-0.05, 0) is 45.9 Å². The van der Waals surface area contributed by atoms with Gasteiger partial charge in [0, 0.05) is 63.1 Å². The summed E-state index contributed by atoms with van der Waals surface area (Å²) in [4.78, 5) is 26.1. The van der Waals surface area contributed by atoms with Crippen molar-refractivity contribution in [3.63, 3.8) is 0 Å². The predicted molar refractivity (Wildman–Crippen MR) is 146 cm³/mol. The summed E-state index contributed by atoms with van der Waals surface area (Å²) in [7, 11) is 1.79. The number of aliphatic hydroxyl groups excluding tert-OH is 1. The number of carbonyl (C=O) groups is 1. The quantitative estimate of drug-likeness (QED) is 0.423. The Morgan fingerprint density at radius 1 is 1.21 bits per heavy atom. The molecule has 2 aliphatic heterocycles. The van der Waals surface area contributed by atoms with Gasteiger partial charge in [0.05, 0.1) is 6.61 Å². The molecule has 11 nitrogen and oxygen atoms in total. The Bertz CT molecular complexity index is 1060. The first-order valence-corrected chi connectivity index (χ1v) is 13.4. The smallest absolute Gasteiger partial charge is 0.409 e. The molecule has 0 saturated carbocycles. The number of nitrogens with zero attached hydrogens (tertiary/aromatic N) is 4. The maximum absolute atomic E-state index is 12.2. The molecular weight excluding hydrogens is 488 g/mol. The van der Waals surface area contributed by atoms with Crippen molar-refractivity contribution >= 4 is 17.7 Å². The molecule has 3 N–H and O–H groups in total. The van der Waals surface area contributed by atoms with Crippen molar-refractivity contribution in [3.8, 4) is 17.1 Å². The van der Waals surface area contributed by atoms with Crippen molar-refractivity contribution in [2.24, 2.45) is 0 Å². The van der Waals surface area contributed by atoms with Gasteiger partial charge in [0.25, 0.3) is 0 Å².